The monoisotopic (exact) mass is 408 g/mol. The fourth-order valence-electron chi connectivity index (χ4n) is 4.25. The fraction of sp³-hybridized carbons (Fsp3) is 0.455. The quantitative estimate of drug-likeness (QED) is 0.644. The second-order valence-electron chi connectivity index (χ2n) is 8.13. The number of likely N-dealkylation sites (N-methyl/N-ethyl adjacent to an activating group) is 1. The van der Waals surface area contributed by atoms with Crippen molar-refractivity contribution in [1.29, 1.82) is 0 Å². The van der Waals surface area contributed by atoms with Crippen LogP contribution >= 0.6 is 0 Å². The van der Waals surface area contributed by atoms with Crippen molar-refractivity contribution in [3.8, 4) is 0 Å². The molecule has 4 heterocycles. The molecule has 0 unspecified atom stereocenters. The first kappa shape index (κ1) is 20.3. The van der Waals surface area contributed by atoms with Gasteiger partial charge in [-0.2, -0.15) is 0 Å². The minimum atomic E-state index is -0.940. The average molecular weight is 409 g/mol. The van der Waals surface area contributed by atoms with Crippen LogP contribution < -0.4 is 4.90 Å². The first-order chi connectivity index (χ1) is 14.5. The third-order valence-electron chi connectivity index (χ3n) is 5.74. The summed E-state index contributed by atoms with van der Waals surface area (Å²) >= 11 is 0. The summed E-state index contributed by atoms with van der Waals surface area (Å²) in [7, 11) is 1.78. The summed E-state index contributed by atoms with van der Waals surface area (Å²) in [5, 5.41) is 12.3. The first-order valence-electron chi connectivity index (χ1n) is 10.4. The number of amides is 1. The van der Waals surface area contributed by atoms with Crippen LogP contribution in [0.15, 0.2) is 49.4 Å². The molecule has 0 aromatic carbocycles. The molecule has 1 atom stereocenters. The maximum absolute atomic E-state index is 12.6. The van der Waals surface area contributed by atoms with E-state index in [4.69, 9.17) is 0 Å². The number of anilines is 1. The largest absolute Gasteiger partial charge is 0.386 e. The minimum Gasteiger partial charge on any atom is -0.386 e. The highest BCUT2D eigenvalue weighted by Gasteiger charge is 2.35. The standard InChI is InChI=1S/C22H28N6O2/c1-26(21(29)4-2-11-27-13-10-24-17-27)15-22(30)7-3-12-28(16-22)20-6-9-25-19-5-8-23-14-18(19)20/h5-6,8-10,13-14,17,30H,2-4,7,11-12,15-16H2,1H3/t22-/m1/s1. The van der Waals surface area contributed by atoms with Gasteiger partial charge in [-0.05, 0) is 31.4 Å². The second-order valence-corrected chi connectivity index (χ2v) is 8.13. The Morgan fingerprint density at radius 2 is 2.17 bits per heavy atom. The molecule has 3 aromatic rings. The van der Waals surface area contributed by atoms with Crippen molar-refractivity contribution in [1.82, 2.24) is 24.4 Å². The van der Waals surface area contributed by atoms with Crippen LogP contribution in [0.5, 0.6) is 0 Å². The zero-order valence-electron chi connectivity index (χ0n) is 17.3. The average Bonchev–Trinajstić information content (AvgIpc) is 3.26. The predicted octanol–water partition coefficient (Wildman–Crippen LogP) is 2.10. The minimum absolute atomic E-state index is 0.0548. The van der Waals surface area contributed by atoms with E-state index in [0.29, 0.717) is 25.9 Å². The lowest BCUT2D eigenvalue weighted by Gasteiger charge is -2.42. The van der Waals surface area contributed by atoms with Gasteiger partial charge < -0.3 is 19.5 Å². The van der Waals surface area contributed by atoms with Gasteiger partial charge in [-0.3, -0.25) is 14.8 Å². The molecule has 1 amide bonds. The molecule has 1 aliphatic rings. The number of rotatable bonds is 7. The van der Waals surface area contributed by atoms with Gasteiger partial charge in [0.05, 0.1) is 24.0 Å². The van der Waals surface area contributed by atoms with Gasteiger partial charge in [-0.15, -0.1) is 0 Å². The van der Waals surface area contributed by atoms with Crippen molar-refractivity contribution in [3.05, 3.63) is 49.4 Å². The number of nitrogens with zero attached hydrogens (tertiary/aromatic N) is 6. The lowest BCUT2D eigenvalue weighted by molar-refractivity contribution is -0.133. The zero-order chi connectivity index (χ0) is 21.0. The normalized spacial score (nSPS) is 19.2. The Labute approximate surface area is 176 Å². The zero-order valence-corrected chi connectivity index (χ0v) is 17.3. The molecule has 0 bridgehead atoms. The number of hydrogen-bond donors (Lipinski definition) is 1. The Balaban J connectivity index is 1.38. The van der Waals surface area contributed by atoms with Crippen molar-refractivity contribution in [2.24, 2.45) is 0 Å². The highest BCUT2D eigenvalue weighted by Crippen LogP contribution is 2.31. The van der Waals surface area contributed by atoms with Gasteiger partial charge in [0.15, 0.2) is 0 Å². The van der Waals surface area contributed by atoms with Crippen LogP contribution in [-0.2, 0) is 11.3 Å². The summed E-state index contributed by atoms with van der Waals surface area (Å²) in [6.45, 7) is 2.43. The van der Waals surface area contributed by atoms with Crippen molar-refractivity contribution < 1.29 is 9.90 Å². The summed E-state index contributed by atoms with van der Waals surface area (Å²) in [6.07, 6.45) is 13.5. The van der Waals surface area contributed by atoms with Crippen molar-refractivity contribution in [2.75, 3.05) is 31.6 Å². The van der Waals surface area contributed by atoms with Gasteiger partial charge in [-0.25, -0.2) is 4.98 Å². The lowest BCUT2D eigenvalue weighted by Crippen LogP contribution is -2.54. The Kier molecular flexibility index (Phi) is 5.94. The number of carbonyl (C=O) groups excluding carboxylic acids is 1. The molecule has 0 radical (unpaired) electrons. The van der Waals surface area contributed by atoms with Crippen LogP contribution in [0.1, 0.15) is 25.7 Å². The molecule has 30 heavy (non-hydrogen) atoms. The highest BCUT2D eigenvalue weighted by atomic mass is 16.3. The number of fused-ring (bicyclic) bond motifs is 1. The van der Waals surface area contributed by atoms with Crippen LogP contribution in [0.25, 0.3) is 10.9 Å². The SMILES string of the molecule is CN(C[C@]1(O)CCCN(c2ccnc3ccncc23)C1)C(=O)CCCn1ccnc1. The van der Waals surface area contributed by atoms with Crippen LogP contribution in [0.4, 0.5) is 5.69 Å². The van der Waals surface area contributed by atoms with Crippen molar-refractivity contribution in [3.63, 3.8) is 0 Å². The molecular weight excluding hydrogens is 380 g/mol. The van der Waals surface area contributed by atoms with E-state index in [2.05, 4.69) is 19.9 Å². The van der Waals surface area contributed by atoms with E-state index in [1.54, 1.807) is 36.9 Å². The summed E-state index contributed by atoms with van der Waals surface area (Å²) < 4.78 is 1.97. The van der Waals surface area contributed by atoms with Gasteiger partial charge in [0.1, 0.15) is 0 Å². The second kappa shape index (κ2) is 8.79. The number of β-amino-alcohol motifs (C(OH)–C–C–N with tert-alkyl or cyclic N) is 1. The van der Waals surface area contributed by atoms with Crippen molar-refractivity contribution in [2.45, 2.75) is 37.8 Å². The molecule has 1 aliphatic heterocycles. The van der Waals surface area contributed by atoms with Gasteiger partial charge in [-0.1, -0.05) is 0 Å². The molecule has 0 saturated carbocycles. The van der Waals surface area contributed by atoms with Crippen LogP contribution in [0.3, 0.4) is 0 Å². The number of hydrogen-bond acceptors (Lipinski definition) is 6. The molecular formula is C22H28N6O2. The maximum Gasteiger partial charge on any atom is 0.222 e. The van der Waals surface area contributed by atoms with Gasteiger partial charge in [0, 0.05) is 75.2 Å². The Hall–Kier alpha value is -3.00. The molecule has 1 N–H and O–H groups in total. The van der Waals surface area contributed by atoms with Gasteiger partial charge in [0.25, 0.3) is 0 Å². The number of aliphatic hydroxyl groups is 1. The maximum atomic E-state index is 12.6. The Bertz CT molecular complexity index is 987. The number of aryl methyl sites for hydroxylation is 1. The molecule has 0 aliphatic carbocycles. The summed E-state index contributed by atoms with van der Waals surface area (Å²) in [5.41, 5.74) is 0.979. The molecule has 3 aromatic heterocycles. The van der Waals surface area contributed by atoms with Gasteiger partial charge in [0.2, 0.25) is 5.91 Å². The van der Waals surface area contributed by atoms with E-state index in [1.807, 2.05) is 29.1 Å². The van der Waals surface area contributed by atoms with Crippen LogP contribution in [0.2, 0.25) is 0 Å². The molecule has 4 rings (SSSR count). The summed E-state index contributed by atoms with van der Waals surface area (Å²) in [6, 6.07) is 3.87. The van der Waals surface area contributed by atoms with E-state index < -0.39 is 5.60 Å². The number of imidazole rings is 1. The number of pyridine rings is 2. The third-order valence-corrected chi connectivity index (χ3v) is 5.74. The topological polar surface area (TPSA) is 87.4 Å². The first-order valence-corrected chi connectivity index (χ1v) is 10.4. The highest BCUT2D eigenvalue weighted by molar-refractivity contribution is 5.90. The van der Waals surface area contributed by atoms with Crippen LogP contribution in [0, 0.1) is 0 Å². The predicted molar refractivity (Wildman–Crippen MR) is 115 cm³/mol. The third kappa shape index (κ3) is 4.59. The summed E-state index contributed by atoms with van der Waals surface area (Å²) in [4.78, 5) is 29.1. The molecule has 8 heteroatoms. The molecule has 8 nitrogen and oxygen atoms in total. The van der Waals surface area contributed by atoms with Crippen LogP contribution in [-0.4, -0.2) is 67.7 Å². The van der Waals surface area contributed by atoms with Crippen molar-refractivity contribution >= 4 is 22.5 Å². The van der Waals surface area contributed by atoms with E-state index in [9.17, 15) is 9.90 Å². The van der Waals surface area contributed by atoms with E-state index in [-0.39, 0.29) is 5.91 Å². The number of aromatic nitrogens is 4. The van der Waals surface area contributed by atoms with E-state index >= 15 is 0 Å². The summed E-state index contributed by atoms with van der Waals surface area (Å²) in [5.74, 6) is 0.0548. The fourth-order valence-corrected chi connectivity index (χ4v) is 4.25. The molecule has 1 fully saturated rings. The number of piperidine rings is 1. The Morgan fingerprint density at radius 1 is 1.27 bits per heavy atom. The molecule has 158 valence electrons. The lowest BCUT2D eigenvalue weighted by atomic mass is 9.91. The molecule has 0 spiro atoms. The van der Waals surface area contributed by atoms with E-state index in [1.165, 1.54) is 0 Å². The Morgan fingerprint density at radius 3 is 3.00 bits per heavy atom. The smallest absolute Gasteiger partial charge is 0.222 e. The van der Waals surface area contributed by atoms with Gasteiger partial charge >= 0.3 is 0 Å². The van der Waals surface area contributed by atoms with E-state index in [0.717, 1.165) is 42.5 Å². The number of carbonyl (C=O) groups is 1. The molecule has 1 saturated heterocycles.